The predicted molar refractivity (Wildman–Crippen MR) is 141 cm³/mol. The van der Waals surface area contributed by atoms with E-state index in [0.29, 0.717) is 23.6 Å². The van der Waals surface area contributed by atoms with Gasteiger partial charge < -0.3 is 10.5 Å². The van der Waals surface area contributed by atoms with Crippen molar-refractivity contribution in [3.63, 3.8) is 0 Å². The molecule has 5 rings (SSSR count). The van der Waals surface area contributed by atoms with Crippen molar-refractivity contribution < 1.29 is 4.74 Å². The number of aryl methyl sites for hydroxylation is 1. The lowest BCUT2D eigenvalue weighted by Gasteiger charge is -2.26. The minimum absolute atomic E-state index is 0.119. The highest BCUT2D eigenvalue weighted by atomic mass is 16.5. The van der Waals surface area contributed by atoms with Gasteiger partial charge >= 0.3 is 0 Å². The molecule has 1 unspecified atom stereocenters. The highest BCUT2D eigenvalue weighted by molar-refractivity contribution is 5.88. The van der Waals surface area contributed by atoms with Gasteiger partial charge in [0.15, 0.2) is 5.65 Å². The van der Waals surface area contributed by atoms with Crippen LogP contribution in [-0.4, -0.2) is 67.3 Å². The van der Waals surface area contributed by atoms with Gasteiger partial charge in [-0.15, -0.1) is 0 Å². The lowest BCUT2D eigenvalue weighted by Crippen LogP contribution is -2.40. The maximum Gasteiger partial charge on any atom is 0.275 e. The van der Waals surface area contributed by atoms with Crippen LogP contribution in [0.5, 0.6) is 0 Å². The molecule has 1 saturated heterocycles. The molecule has 0 bridgehead atoms. The Morgan fingerprint density at radius 3 is 2.53 bits per heavy atom. The molecule has 36 heavy (non-hydrogen) atoms. The van der Waals surface area contributed by atoms with E-state index in [1.165, 1.54) is 6.33 Å². The van der Waals surface area contributed by atoms with E-state index in [9.17, 15) is 4.79 Å². The van der Waals surface area contributed by atoms with Crippen LogP contribution >= 0.6 is 0 Å². The minimum atomic E-state index is -0.296. The maximum atomic E-state index is 13.7. The summed E-state index contributed by atoms with van der Waals surface area (Å²) in [6.07, 6.45) is 3.21. The van der Waals surface area contributed by atoms with Crippen molar-refractivity contribution in [1.29, 1.82) is 0 Å². The number of fused-ring (bicyclic) bond motifs is 1. The largest absolute Gasteiger partial charge is 0.383 e. The fraction of sp³-hybridized carbons (Fsp3) is 0.423. The van der Waals surface area contributed by atoms with E-state index >= 15 is 0 Å². The summed E-state index contributed by atoms with van der Waals surface area (Å²) in [5.74, 6) is 0.390. The highest BCUT2D eigenvalue weighted by Crippen LogP contribution is 2.30. The molecule has 190 valence electrons. The van der Waals surface area contributed by atoms with E-state index in [1.54, 1.807) is 15.6 Å². The van der Waals surface area contributed by atoms with Crippen molar-refractivity contribution in [2.24, 2.45) is 0 Å². The topological polar surface area (TPSA) is 117 Å². The summed E-state index contributed by atoms with van der Waals surface area (Å²) in [5, 5.41) is 9.96. The zero-order valence-corrected chi connectivity index (χ0v) is 21.4. The molecular weight excluding hydrogens is 456 g/mol. The van der Waals surface area contributed by atoms with Gasteiger partial charge in [0.05, 0.1) is 48.6 Å². The first-order chi connectivity index (χ1) is 17.5. The van der Waals surface area contributed by atoms with E-state index in [2.05, 4.69) is 20.0 Å². The first kappa shape index (κ1) is 25.5. The Bertz CT molecular complexity index is 1360. The molecule has 10 heteroatoms. The number of aromatic nitrogens is 6. The van der Waals surface area contributed by atoms with Crippen molar-refractivity contribution in [2.45, 2.75) is 40.3 Å². The molecule has 0 aliphatic carbocycles. The van der Waals surface area contributed by atoms with Crippen molar-refractivity contribution in [2.75, 3.05) is 38.6 Å². The summed E-state index contributed by atoms with van der Waals surface area (Å²) >= 11 is 0. The first-order valence-corrected chi connectivity index (χ1v) is 12.5. The summed E-state index contributed by atoms with van der Waals surface area (Å²) in [7, 11) is 0. The van der Waals surface area contributed by atoms with Gasteiger partial charge in [0, 0.05) is 25.2 Å². The van der Waals surface area contributed by atoms with Crippen LogP contribution in [0.4, 0.5) is 5.82 Å². The van der Waals surface area contributed by atoms with E-state index in [-0.39, 0.29) is 11.6 Å². The van der Waals surface area contributed by atoms with Crippen molar-refractivity contribution >= 4 is 16.9 Å². The average Bonchev–Trinajstić information content (AvgIpc) is 3.27. The van der Waals surface area contributed by atoms with Gasteiger partial charge in [0.1, 0.15) is 12.1 Å². The third-order valence-electron chi connectivity index (χ3n) is 6.38. The lowest BCUT2D eigenvalue weighted by molar-refractivity contribution is 0.0358. The molecule has 0 saturated carbocycles. The van der Waals surface area contributed by atoms with Crippen LogP contribution in [0, 0.1) is 6.92 Å². The van der Waals surface area contributed by atoms with Gasteiger partial charge in [-0.25, -0.2) is 19.3 Å². The number of hydrogen-bond acceptors (Lipinski definition) is 8. The molecule has 1 fully saturated rings. The monoisotopic (exact) mass is 490 g/mol. The molecule has 4 aromatic rings. The van der Waals surface area contributed by atoms with Gasteiger partial charge in [-0.3, -0.25) is 9.69 Å². The molecule has 0 radical (unpaired) electrons. The van der Waals surface area contributed by atoms with Crippen LogP contribution in [0.1, 0.15) is 38.1 Å². The minimum Gasteiger partial charge on any atom is -0.383 e. The van der Waals surface area contributed by atoms with Crippen molar-refractivity contribution in [3.8, 4) is 11.1 Å². The number of nitrogens with zero attached hydrogens (tertiary/aromatic N) is 7. The Kier molecular flexibility index (Phi) is 8.07. The van der Waals surface area contributed by atoms with Crippen LogP contribution in [0.15, 0.2) is 47.7 Å². The molecule has 1 aliphatic rings. The summed E-state index contributed by atoms with van der Waals surface area (Å²) in [6, 6.07) is 9.41. The predicted octanol–water partition coefficient (Wildman–Crippen LogP) is 2.91. The highest BCUT2D eigenvalue weighted by Gasteiger charge is 2.23. The van der Waals surface area contributed by atoms with Gasteiger partial charge in [0.2, 0.25) is 0 Å². The summed E-state index contributed by atoms with van der Waals surface area (Å²) in [5.41, 5.74) is 9.59. The van der Waals surface area contributed by atoms with E-state index in [0.717, 1.165) is 55.1 Å². The molecule has 3 aromatic heterocycles. The Hall–Kier alpha value is -3.63. The molecule has 4 heterocycles. The molecule has 10 nitrogen and oxygen atoms in total. The Morgan fingerprint density at radius 2 is 1.81 bits per heavy atom. The SMILES string of the molecule is CC.Cc1nn(C(C)c2cnn(CCN3CCOCC3)c(=O)c2-c2ccccc2)c2ncnc(N)c12. The summed E-state index contributed by atoms with van der Waals surface area (Å²) < 4.78 is 8.78. The number of nitrogen functional groups attached to an aromatic ring is 1. The second kappa shape index (κ2) is 11.4. The summed E-state index contributed by atoms with van der Waals surface area (Å²) in [6.45, 7) is 12.3. The number of rotatable bonds is 6. The van der Waals surface area contributed by atoms with E-state index in [4.69, 9.17) is 15.6 Å². The van der Waals surface area contributed by atoms with Crippen molar-refractivity contribution in [3.05, 3.63) is 64.5 Å². The molecule has 1 atom stereocenters. The average molecular weight is 491 g/mol. The summed E-state index contributed by atoms with van der Waals surface area (Å²) in [4.78, 5) is 24.5. The lowest BCUT2D eigenvalue weighted by atomic mass is 9.98. The molecule has 2 N–H and O–H groups in total. The van der Waals surface area contributed by atoms with E-state index < -0.39 is 0 Å². The fourth-order valence-electron chi connectivity index (χ4n) is 4.50. The van der Waals surface area contributed by atoms with Crippen LogP contribution in [0.25, 0.3) is 22.2 Å². The van der Waals surface area contributed by atoms with Gasteiger partial charge in [0.25, 0.3) is 5.56 Å². The van der Waals surface area contributed by atoms with Gasteiger partial charge in [-0.1, -0.05) is 44.2 Å². The molecule has 0 amide bonds. The number of nitrogens with two attached hydrogens (primary N) is 1. The second-order valence-electron chi connectivity index (χ2n) is 8.49. The Labute approximate surface area is 210 Å². The third kappa shape index (κ3) is 5.00. The number of benzene rings is 1. The quantitative estimate of drug-likeness (QED) is 0.438. The fourth-order valence-corrected chi connectivity index (χ4v) is 4.50. The van der Waals surface area contributed by atoms with Crippen LogP contribution < -0.4 is 11.3 Å². The zero-order valence-electron chi connectivity index (χ0n) is 21.4. The molecule has 0 spiro atoms. The number of anilines is 1. The van der Waals surface area contributed by atoms with Crippen molar-refractivity contribution in [1.82, 2.24) is 34.4 Å². The molecule has 1 aromatic carbocycles. The van der Waals surface area contributed by atoms with Crippen LogP contribution in [-0.2, 0) is 11.3 Å². The zero-order chi connectivity index (χ0) is 25.7. The van der Waals surface area contributed by atoms with Crippen LogP contribution in [0.3, 0.4) is 0 Å². The van der Waals surface area contributed by atoms with Gasteiger partial charge in [-0.2, -0.15) is 10.2 Å². The molecule has 1 aliphatic heterocycles. The Balaban J connectivity index is 0.00000148. The maximum absolute atomic E-state index is 13.7. The second-order valence-corrected chi connectivity index (χ2v) is 8.49. The normalized spacial score (nSPS) is 14.9. The van der Waals surface area contributed by atoms with Crippen LogP contribution in [0.2, 0.25) is 0 Å². The standard InChI is InChI=1S/C24H28N8O2.C2H6/c1-16-20-22(25)26-15-27-23(20)32(29-16)17(2)19-14-28-31(9-8-30-10-12-34-13-11-30)24(33)21(19)18-6-4-3-5-7-18;1-2/h3-7,14-15,17H,8-13H2,1-2H3,(H2,25,26,27);1-2H3. The first-order valence-electron chi connectivity index (χ1n) is 12.5. The molecular formula is C26H34N8O2. The number of hydrogen-bond donors (Lipinski definition) is 1. The number of ether oxygens (including phenoxy) is 1. The smallest absolute Gasteiger partial charge is 0.275 e. The van der Waals surface area contributed by atoms with E-state index in [1.807, 2.05) is 58.0 Å². The Morgan fingerprint density at radius 1 is 1.08 bits per heavy atom. The third-order valence-corrected chi connectivity index (χ3v) is 6.38. The number of morpholine rings is 1. The van der Waals surface area contributed by atoms with Gasteiger partial charge in [-0.05, 0) is 19.4 Å².